The number of benzene rings is 2. The fraction of sp³-hybridized carbons (Fsp3) is 0.407. The van der Waals surface area contributed by atoms with Crippen molar-refractivity contribution in [1.82, 2.24) is 14.0 Å². The Kier molecular flexibility index (Phi) is 8.38. The van der Waals surface area contributed by atoms with Crippen LogP contribution in [0.1, 0.15) is 17.5 Å². The lowest BCUT2D eigenvalue weighted by molar-refractivity contribution is -0.153. The normalized spacial score (nSPS) is 14.6. The molecule has 0 spiro atoms. The molecular formula is C27H31F3N4O3. The third kappa shape index (κ3) is 7.03. The first-order chi connectivity index (χ1) is 17.7. The smallest absolute Gasteiger partial charge is 0.422 e. The van der Waals surface area contributed by atoms with E-state index in [4.69, 9.17) is 4.74 Å². The highest BCUT2D eigenvalue weighted by Gasteiger charge is 2.29. The molecule has 1 fully saturated rings. The zero-order chi connectivity index (χ0) is 26.4. The molecule has 37 heavy (non-hydrogen) atoms. The molecule has 1 aromatic heterocycles. The van der Waals surface area contributed by atoms with Crippen LogP contribution in [0.5, 0.6) is 5.75 Å². The van der Waals surface area contributed by atoms with E-state index in [0.29, 0.717) is 30.9 Å². The van der Waals surface area contributed by atoms with Gasteiger partial charge in [0.05, 0.1) is 12.2 Å². The molecule has 0 unspecified atom stereocenters. The fourth-order valence-corrected chi connectivity index (χ4v) is 4.54. The summed E-state index contributed by atoms with van der Waals surface area (Å²) in [4.78, 5) is 29.9. The average Bonchev–Trinajstić information content (AvgIpc) is 2.89. The highest BCUT2D eigenvalue weighted by molar-refractivity contribution is 5.58. The number of hydrogen-bond acceptors (Lipinski definition) is 5. The summed E-state index contributed by atoms with van der Waals surface area (Å²) in [5.41, 5.74) is 1.48. The number of para-hydroxylation sites is 2. The van der Waals surface area contributed by atoms with E-state index in [0.717, 1.165) is 31.6 Å². The molecule has 1 aliphatic rings. The Balaban J connectivity index is 1.32. The summed E-state index contributed by atoms with van der Waals surface area (Å²) in [5, 5.41) is 0. The average molecular weight is 517 g/mol. The van der Waals surface area contributed by atoms with Crippen LogP contribution in [-0.4, -0.2) is 59.5 Å². The number of rotatable bonds is 9. The number of nitrogens with zero attached hydrogens (tertiary/aromatic N) is 4. The zero-order valence-electron chi connectivity index (χ0n) is 20.8. The predicted octanol–water partition coefficient (Wildman–Crippen LogP) is 3.52. The Labute approximate surface area is 213 Å². The molecule has 0 N–H and O–H groups in total. The van der Waals surface area contributed by atoms with Crippen LogP contribution in [0.3, 0.4) is 0 Å². The lowest BCUT2D eigenvalue weighted by Crippen LogP contribution is -2.47. The van der Waals surface area contributed by atoms with Gasteiger partial charge in [-0.25, -0.2) is 4.79 Å². The van der Waals surface area contributed by atoms with Gasteiger partial charge in [-0.3, -0.25) is 14.3 Å². The van der Waals surface area contributed by atoms with Crippen LogP contribution < -0.4 is 20.9 Å². The molecular weight excluding hydrogens is 485 g/mol. The minimum absolute atomic E-state index is 0.230. The van der Waals surface area contributed by atoms with Gasteiger partial charge in [-0.2, -0.15) is 13.2 Å². The number of ether oxygens (including phenoxy) is 1. The molecule has 10 heteroatoms. The first-order valence-corrected chi connectivity index (χ1v) is 12.3. The molecule has 1 saturated heterocycles. The summed E-state index contributed by atoms with van der Waals surface area (Å²) in [6, 6.07) is 16.2. The fourth-order valence-electron chi connectivity index (χ4n) is 4.54. The van der Waals surface area contributed by atoms with E-state index >= 15 is 0 Å². The van der Waals surface area contributed by atoms with Crippen molar-refractivity contribution in [1.29, 1.82) is 0 Å². The Morgan fingerprint density at radius 3 is 2.27 bits per heavy atom. The summed E-state index contributed by atoms with van der Waals surface area (Å²) in [6.07, 6.45) is -2.03. The van der Waals surface area contributed by atoms with Crippen LogP contribution >= 0.6 is 0 Å². The largest absolute Gasteiger partial charge is 0.482 e. The van der Waals surface area contributed by atoms with Gasteiger partial charge in [0.25, 0.3) is 5.56 Å². The Bertz CT molecular complexity index is 1300. The number of halogens is 3. The van der Waals surface area contributed by atoms with Crippen molar-refractivity contribution in [3.05, 3.63) is 92.8 Å². The molecule has 0 radical (unpaired) electrons. The van der Waals surface area contributed by atoms with Gasteiger partial charge in [-0.15, -0.1) is 0 Å². The second-order valence-corrected chi connectivity index (χ2v) is 9.22. The lowest BCUT2D eigenvalue weighted by Gasteiger charge is -2.36. The van der Waals surface area contributed by atoms with Crippen molar-refractivity contribution < 1.29 is 17.9 Å². The number of aryl methyl sites for hydroxylation is 2. The Hall–Kier alpha value is -3.53. The summed E-state index contributed by atoms with van der Waals surface area (Å²) < 4.78 is 45.7. The summed E-state index contributed by atoms with van der Waals surface area (Å²) in [5.74, 6) is 0.230. The second kappa shape index (κ2) is 11.7. The molecule has 0 amide bonds. The molecule has 3 aromatic rings. The molecule has 0 bridgehead atoms. The van der Waals surface area contributed by atoms with Crippen LogP contribution in [0.25, 0.3) is 0 Å². The summed E-state index contributed by atoms with van der Waals surface area (Å²) >= 11 is 0. The maximum Gasteiger partial charge on any atom is 0.422 e. The summed E-state index contributed by atoms with van der Waals surface area (Å²) in [6.45, 7) is 4.70. The predicted molar refractivity (Wildman–Crippen MR) is 137 cm³/mol. The molecule has 2 heterocycles. The number of anilines is 1. The molecule has 4 rings (SSSR count). The van der Waals surface area contributed by atoms with E-state index in [2.05, 4.69) is 4.90 Å². The van der Waals surface area contributed by atoms with Gasteiger partial charge in [-0.05, 0) is 37.6 Å². The van der Waals surface area contributed by atoms with E-state index in [-0.39, 0.29) is 23.5 Å². The third-order valence-corrected chi connectivity index (χ3v) is 6.44. The number of aromatic nitrogens is 2. The highest BCUT2D eigenvalue weighted by atomic mass is 19.4. The van der Waals surface area contributed by atoms with Crippen LogP contribution in [0, 0.1) is 6.92 Å². The highest BCUT2D eigenvalue weighted by Crippen LogP contribution is 2.30. The Morgan fingerprint density at radius 2 is 1.57 bits per heavy atom. The SMILES string of the molecule is Cc1cn(CCCN2CCN(c3ccccc3OCC(F)(F)F)CC2)c(=O)n(Cc2ccccc2)c1=O. The van der Waals surface area contributed by atoms with Crippen molar-refractivity contribution >= 4 is 5.69 Å². The van der Waals surface area contributed by atoms with Crippen molar-refractivity contribution in [3.8, 4) is 5.75 Å². The van der Waals surface area contributed by atoms with Gasteiger partial charge in [0.15, 0.2) is 6.61 Å². The minimum atomic E-state index is -4.39. The Morgan fingerprint density at radius 1 is 0.892 bits per heavy atom. The maximum absolute atomic E-state index is 13.0. The number of piperazine rings is 1. The number of alkyl halides is 3. The first-order valence-electron chi connectivity index (χ1n) is 12.3. The summed E-state index contributed by atoms with van der Waals surface area (Å²) in [7, 11) is 0. The molecule has 1 aliphatic heterocycles. The standard InChI is InChI=1S/C27H31F3N4O3/c1-21-18-33(26(36)34(25(21)35)19-22-8-3-2-4-9-22)13-7-12-31-14-16-32(17-15-31)23-10-5-6-11-24(23)37-20-27(28,29)30/h2-6,8-11,18H,7,12-17,19-20H2,1H3. The van der Waals surface area contributed by atoms with E-state index in [1.807, 2.05) is 35.2 Å². The quantitative estimate of drug-likeness (QED) is 0.436. The second-order valence-electron chi connectivity index (χ2n) is 9.22. The van der Waals surface area contributed by atoms with Crippen molar-refractivity contribution in [2.45, 2.75) is 32.6 Å². The minimum Gasteiger partial charge on any atom is -0.482 e. The van der Waals surface area contributed by atoms with Crippen molar-refractivity contribution in [2.75, 3.05) is 44.2 Å². The molecule has 0 saturated carbocycles. The van der Waals surface area contributed by atoms with Gasteiger partial charge in [-0.1, -0.05) is 42.5 Å². The van der Waals surface area contributed by atoms with Gasteiger partial charge < -0.3 is 14.2 Å². The van der Waals surface area contributed by atoms with Gasteiger partial charge >= 0.3 is 11.9 Å². The van der Waals surface area contributed by atoms with E-state index in [9.17, 15) is 22.8 Å². The molecule has 2 aromatic carbocycles. The van der Waals surface area contributed by atoms with Crippen LogP contribution in [-0.2, 0) is 13.1 Å². The van der Waals surface area contributed by atoms with Crippen LogP contribution in [0.15, 0.2) is 70.4 Å². The number of hydrogen-bond donors (Lipinski definition) is 0. The molecule has 198 valence electrons. The lowest BCUT2D eigenvalue weighted by atomic mass is 10.2. The maximum atomic E-state index is 13.0. The van der Waals surface area contributed by atoms with Crippen LogP contribution in [0.2, 0.25) is 0 Å². The molecule has 0 aliphatic carbocycles. The van der Waals surface area contributed by atoms with Crippen molar-refractivity contribution in [3.63, 3.8) is 0 Å². The van der Waals surface area contributed by atoms with Gasteiger partial charge in [0, 0.05) is 44.5 Å². The van der Waals surface area contributed by atoms with Gasteiger partial charge in [0.2, 0.25) is 0 Å². The molecule has 7 nitrogen and oxygen atoms in total. The topological polar surface area (TPSA) is 59.7 Å². The van der Waals surface area contributed by atoms with E-state index in [1.165, 1.54) is 4.57 Å². The van der Waals surface area contributed by atoms with Crippen molar-refractivity contribution in [2.24, 2.45) is 0 Å². The van der Waals surface area contributed by atoms with E-state index in [1.54, 1.807) is 42.0 Å². The van der Waals surface area contributed by atoms with E-state index < -0.39 is 12.8 Å². The monoisotopic (exact) mass is 516 g/mol. The first kappa shape index (κ1) is 26.5. The third-order valence-electron chi connectivity index (χ3n) is 6.44. The molecule has 0 atom stereocenters. The van der Waals surface area contributed by atoms with Gasteiger partial charge in [0.1, 0.15) is 5.75 Å². The zero-order valence-corrected chi connectivity index (χ0v) is 20.8. The van der Waals surface area contributed by atoms with Crippen LogP contribution in [0.4, 0.5) is 18.9 Å².